The molecule has 0 spiro atoms. The van der Waals surface area contributed by atoms with Crippen molar-refractivity contribution in [1.29, 1.82) is 0 Å². The molecule has 2 unspecified atom stereocenters. The maximum absolute atomic E-state index is 13.1. The molecule has 0 bridgehead atoms. The molecule has 4 rings (SSSR count). The quantitative estimate of drug-likeness (QED) is 0.816. The number of likely N-dealkylation sites (N-methyl/N-ethyl adjacent to an activating group) is 1. The molecule has 24 heavy (non-hydrogen) atoms. The lowest BCUT2D eigenvalue weighted by Gasteiger charge is -2.45. The van der Waals surface area contributed by atoms with Gasteiger partial charge in [0.05, 0.1) is 24.9 Å². The Morgan fingerprint density at radius 2 is 2.04 bits per heavy atom. The molecule has 0 saturated carbocycles. The van der Waals surface area contributed by atoms with Gasteiger partial charge in [-0.2, -0.15) is 5.10 Å². The summed E-state index contributed by atoms with van der Waals surface area (Å²) in [5, 5.41) is 4.30. The molecule has 7 nitrogen and oxygen atoms in total. The third-order valence-corrected chi connectivity index (χ3v) is 5.14. The van der Waals surface area contributed by atoms with Crippen LogP contribution >= 0.6 is 0 Å². The van der Waals surface area contributed by atoms with Crippen LogP contribution in [0.1, 0.15) is 16.8 Å². The number of piperidine rings is 1. The molecular formula is C17H23N5O2. The first-order valence-electron chi connectivity index (χ1n) is 8.41. The van der Waals surface area contributed by atoms with E-state index in [-0.39, 0.29) is 18.1 Å². The summed E-state index contributed by atoms with van der Waals surface area (Å²) in [7, 11) is 3.98. The molecule has 2 saturated heterocycles. The van der Waals surface area contributed by atoms with Crippen LogP contribution in [0.5, 0.6) is 0 Å². The molecule has 2 aliphatic rings. The minimum atomic E-state index is 0.0456. The van der Waals surface area contributed by atoms with Crippen LogP contribution in [0.2, 0.25) is 0 Å². The van der Waals surface area contributed by atoms with Crippen molar-refractivity contribution in [3.63, 3.8) is 0 Å². The van der Waals surface area contributed by atoms with Crippen molar-refractivity contribution in [2.75, 3.05) is 33.3 Å². The van der Waals surface area contributed by atoms with Crippen molar-refractivity contribution in [3.05, 3.63) is 36.3 Å². The standard InChI is InChI=1S/C17H23N5O2/c1-19-9-10-24-15-5-8-22(12-14(15)19)17(23)13-11-18-20(2)16(13)21-6-3-4-7-21/h3-4,6-7,11,14-15H,5,8-10,12H2,1-2H3. The number of hydrogen-bond donors (Lipinski definition) is 0. The maximum atomic E-state index is 13.1. The van der Waals surface area contributed by atoms with Crippen molar-refractivity contribution in [2.45, 2.75) is 18.6 Å². The molecule has 2 atom stereocenters. The molecule has 4 heterocycles. The molecule has 0 radical (unpaired) electrons. The van der Waals surface area contributed by atoms with E-state index in [1.807, 2.05) is 41.0 Å². The molecule has 2 fully saturated rings. The summed E-state index contributed by atoms with van der Waals surface area (Å²) < 4.78 is 9.55. The van der Waals surface area contributed by atoms with Crippen LogP contribution in [0.3, 0.4) is 0 Å². The Balaban J connectivity index is 1.59. The lowest BCUT2D eigenvalue weighted by molar-refractivity contribution is -0.0893. The van der Waals surface area contributed by atoms with Gasteiger partial charge in [0, 0.05) is 39.1 Å². The van der Waals surface area contributed by atoms with Crippen molar-refractivity contribution in [1.82, 2.24) is 24.1 Å². The highest BCUT2D eigenvalue weighted by molar-refractivity contribution is 5.97. The molecule has 1 amide bonds. The summed E-state index contributed by atoms with van der Waals surface area (Å²) in [6.45, 7) is 3.14. The van der Waals surface area contributed by atoms with Crippen molar-refractivity contribution in [2.24, 2.45) is 7.05 Å². The largest absolute Gasteiger partial charge is 0.375 e. The number of nitrogens with zero attached hydrogens (tertiary/aromatic N) is 5. The molecule has 2 aromatic heterocycles. The molecule has 2 aliphatic heterocycles. The van der Waals surface area contributed by atoms with Gasteiger partial charge < -0.3 is 14.2 Å². The lowest BCUT2D eigenvalue weighted by Crippen LogP contribution is -2.59. The zero-order valence-electron chi connectivity index (χ0n) is 14.1. The Labute approximate surface area is 141 Å². The molecule has 128 valence electrons. The summed E-state index contributed by atoms with van der Waals surface area (Å²) in [4.78, 5) is 17.4. The van der Waals surface area contributed by atoms with Gasteiger partial charge >= 0.3 is 0 Å². The highest BCUT2D eigenvalue weighted by Crippen LogP contribution is 2.24. The van der Waals surface area contributed by atoms with E-state index in [9.17, 15) is 4.79 Å². The van der Waals surface area contributed by atoms with Gasteiger partial charge in [-0.15, -0.1) is 0 Å². The van der Waals surface area contributed by atoms with Crippen molar-refractivity contribution >= 4 is 5.91 Å². The lowest BCUT2D eigenvalue weighted by atomic mass is 9.98. The molecule has 0 aromatic carbocycles. The Hall–Kier alpha value is -2.12. The fourth-order valence-electron chi connectivity index (χ4n) is 3.76. The van der Waals surface area contributed by atoms with Gasteiger partial charge in [-0.1, -0.05) is 0 Å². The first kappa shape index (κ1) is 15.4. The number of fused-ring (bicyclic) bond motifs is 1. The summed E-state index contributed by atoms with van der Waals surface area (Å²) in [5.74, 6) is 0.851. The monoisotopic (exact) mass is 329 g/mol. The summed E-state index contributed by atoms with van der Waals surface area (Å²) >= 11 is 0. The first-order chi connectivity index (χ1) is 11.6. The van der Waals surface area contributed by atoms with Gasteiger partial charge in [0.2, 0.25) is 0 Å². The molecular weight excluding hydrogens is 306 g/mol. The number of ether oxygens (including phenoxy) is 1. The van der Waals surface area contributed by atoms with E-state index in [0.29, 0.717) is 12.1 Å². The molecule has 0 aliphatic carbocycles. The number of rotatable bonds is 2. The van der Waals surface area contributed by atoms with Crippen LogP contribution in [-0.4, -0.2) is 75.5 Å². The van der Waals surface area contributed by atoms with Crippen LogP contribution in [-0.2, 0) is 11.8 Å². The second-order valence-electron chi connectivity index (χ2n) is 6.59. The van der Waals surface area contributed by atoms with E-state index in [4.69, 9.17) is 4.74 Å². The van der Waals surface area contributed by atoms with Crippen LogP contribution in [0.25, 0.3) is 5.82 Å². The highest BCUT2D eigenvalue weighted by Gasteiger charge is 2.37. The van der Waals surface area contributed by atoms with Crippen molar-refractivity contribution < 1.29 is 9.53 Å². The van der Waals surface area contributed by atoms with Crippen LogP contribution in [0.4, 0.5) is 0 Å². The number of carbonyl (C=O) groups is 1. The Kier molecular flexibility index (Phi) is 3.90. The Bertz CT molecular complexity index is 723. The Morgan fingerprint density at radius 3 is 2.83 bits per heavy atom. The van der Waals surface area contributed by atoms with E-state index in [1.54, 1.807) is 10.9 Å². The zero-order valence-corrected chi connectivity index (χ0v) is 14.1. The van der Waals surface area contributed by atoms with Crippen LogP contribution in [0, 0.1) is 0 Å². The third-order valence-electron chi connectivity index (χ3n) is 5.14. The van der Waals surface area contributed by atoms with Gasteiger partial charge in [0.15, 0.2) is 0 Å². The topological polar surface area (TPSA) is 55.5 Å². The van der Waals surface area contributed by atoms with E-state index in [2.05, 4.69) is 17.0 Å². The minimum Gasteiger partial charge on any atom is -0.375 e. The fourth-order valence-corrected chi connectivity index (χ4v) is 3.76. The van der Waals surface area contributed by atoms with Gasteiger partial charge in [0.25, 0.3) is 5.91 Å². The van der Waals surface area contributed by atoms with E-state index < -0.39 is 0 Å². The first-order valence-corrected chi connectivity index (χ1v) is 8.41. The second-order valence-corrected chi connectivity index (χ2v) is 6.59. The van der Waals surface area contributed by atoms with Gasteiger partial charge in [-0.3, -0.25) is 14.4 Å². The van der Waals surface area contributed by atoms with Gasteiger partial charge in [0.1, 0.15) is 11.4 Å². The summed E-state index contributed by atoms with van der Waals surface area (Å²) in [6, 6.07) is 4.17. The minimum absolute atomic E-state index is 0.0456. The number of hydrogen-bond acceptors (Lipinski definition) is 4. The SMILES string of the molecule is CN1CCOC2CCN(C(=O)c3cnn(C)c3-n3cccc3)CC21. The predicted octanol–water partition coefficient (Wildman–Crippen LogP) is 0.756. The number of aryl methyl sites for hydroxylation is 1. The normalized spacial score (nSPS) is 24.8. The van der Waals surface area contributed by atoms with Gasteiger partial charge in [-0.05, 0) is 25.6 Å². The van der Waals surface area contributed by atoms with E-state index in [0.717, 1.165) is 31.9 Å². The molecule has 0 N–H and O–H groups in total. The fraction of sp³-hybridized carbons (Fsp3) is 0.529. The molecule has 2 aromatic rings. The summed E-state index contributed by atoms with van der Waals surface area (Å²) in [5.41, 5.74) is 0.645. The number of carbonyl (C=O) groups excluding carboxylic acids is 1. The van der Waals surface area contributed by atoms with E-state index in [1.165, 1.54) is 0 Å². The zero-order chi connectivity index (χ0) is 16.7. The van der Waals surface area contributed by atoms with Crippen LogP contribution in [0.15, 0.2) is 30.7 Å². The number of likely N-dealkylation sites (tertiary alicyclic amines) is 1. The number of amides is 1. The number of morpholine rings is 1. The maximum Gasteiger partial charge on any atom is 0.259 e. The third kappa shape index (κ3) is 2.53. The van der Waals surface area contributed by atoms with Crippen molar-refractivity contribution in [3.8, 4) is 5.82 Å². The predicted molar refractivity (Wildman–Crippen MR) is 89.2 cm³/mol. The molecule has 7 heteroatoms. The van der Waals surface area contributed by atoms with Gasteiger partial charge in [-0.25, -0.2) is 0 Å². The van der Waals surface area contributed by atoms with Crippen LogP contribution < -0.4 is 0 Å². The average molecular weight is 329 g/mol. The second kappa shape index (κ2) is 6.07. The Morgan fingerprint density at radius 1 is 1.25 bits per heavy atom. The smallest absolute Gasteiger partial charge is 0.259 e. The summed E-state index contributed by atoms with van der Waals surface area (Å²) in [6.07, 6.45) is 6.67. The average Bonchev–Trinajstić information content (AvgIpc) is 3.23. The van der Waals surface area contributed by atoms with E-state index >= 15 is 0 Å². The number of aromatic nitrogens is 3. The highest BCUT2D eigenvalue weighted by atomic mass is 16.5.